The summed E-state index contributed by atoms with van der Waals surface area (Å²) >= 11 is 0. The Morgan fingerprint density at radius 2 is 1.70 bits per heavy atom. The molecular weight excluding hydrogens is 292 g/mol. The summed E-state index contributed by atoms with van der Waals surface area (Å²) in [5.74, 6) is -2.56. The fraction of sp³-hybridized carbons (Fsp3) is 0.579. The van der Waals surface area contributed by atoms with Crippen molar-refractivity contribution in [2.75, 3.05) is 0 Å². The van der Waals surface area contributed by atoms with Gasteiger partial charge in [0, 0.05) is 5.41 Å². The maximum absolute atomic E-state index is 11.6. The summed E-state index contributed by atoms with van der Waals surface area (Å²) in [4.78, 5) is 23.1. The van der Waals surface area contributed by atoms with Crippen LogP contribution >= 0.6 is 0 Å². The number of hydrogen-bond acceptors (Lipinski definition) is 2. The van der Waals surface area contributed by atoms with Gasteiger partial charge < -0.3 is 10.2 Å². The lowest BCUT2D eigenvalue weighted by molar-refractivity contribution is -0.140. The molecule has 1 aliphatic rings. The van der Waals surface area contributed by atoms with Gasteiger partial charge in [-0.25, -0.2) is 9.59 Å². The van der Waals surface area contributed by atoms with E-state index in [1.54, 1.807) is 0 Å². The smallest absolute Gasteiger partial charge is 0.343 e. The van der Waals surface area contributed by atoms with E-state index in [1.165, 1.54) is 0 Å². The van der Waals surface area contributed by atoms with Crippen LogP contribution in [-0.4, -0.2) is 22.2 Å². The highest BCUT2D eigenvalue weighted by atomic mass is 16.4. The molecule has 0 aromatic rings. The molecule has 2 unspecified atom stereocenters. The highest BCUT2D eigenvalue weighted by molar-refractivity contribution is 6.13. The molecule has 1 aliphatic carbocycles. The van der Waals surface area contributed by atoms with Gasteiger partial charge in [0.25, 0.3) is 0 Å². The number of aliphatic carboxylic acids is 2. The lowest BCUT2D eigenvalue weighted by Crippen LogP contribution is -2.34. The molecular formula is C19H28O4. The second-order valence-electron chi connectivity index (χ2n) is 6.07. The third-order valence-electron chi connectivity index (χ3n) is 4.79. The number of hydrogen-bond donors (Lipinski definition) is 2. The fourth-order valence-corrected chi connectivity index (χ4v) is 3.72. The van der Waals surface area contributed by atoms with Crippen LogP contribution in [0.3, 0.4) is 0 Å². The minimum Gasteiger partial charge on any atom is -0.477 e. The van der Waals surface area contributed by atoms with E-state index >= 15 is 0 Å². The van der Waals surface area contributed by atoms with Crippen molar-refractivity contribution in [1.29, 1.82) is 0 Å². The van der Waals surface area contributed by atoms with Gasteiger partial charge in [-0.15, -0.1) is 0 Å². The minimum absolute atomic E-state index is 0.132. The average Bonchev–Trinajstić information content (AvgIpc) is 2.52. The van der Waals surface area contributed by atoms with E-state index in [9.17, 15) is 19.8 Å². The Morgan fingerprint density at radius 3 is 2.17 bits per heavy atom. The van der Waals surface area contributed by atoms with E-state index in [0.717, 1.165) is 32.1 Å². The Kier molecular flexibility index (Phi) is 7.27. The molecule has 0 aliphatic heterocycles. The molecule has 0 saturated heterocycles. The monoisotopic (exact) mass is 320 g/mol. The van der Waals surface area contributed by atoms with Crippen molar-refractivity contribution >= 4 is 11.9 Å². The quantitative estimate of drug-likeness (QED) is 0.282. The summed E-state index contributed by atoms with van der Waals surface area (Å²) in [5, 5.41) is 18.9. The molecule has 0 radical (unpaired) electrons. The molecule has 1 rings (SSSR count). The van der Waals surface area contributed by atoms with Crippen LogP contribution < -0.4 is 0 Å². The Labute approximate surface area is 138 Å². The van der Waals surface area contributed by atoms with Gasteiger partial charge in [-0.3, -0.25) is 0 Å². The van der Waals surface area contributed by atoms with Crippen LogP contribution in [0.1, 0.15) is 59.3 Å². The van der Waals surface area contributed by atoms with Crippen LogP contribution in [0.15, 0.2) is 35.5 Å². The predicted octanol–water partition coefficient (Wildman–Crippen LogP) is 4.58. The molecule has 4 heteroatoms. The Bertz CT molecular complexity index is 511. The third kappa shape index (κ3) is 4.12. The number of carbonyl (C=O) groups is 2. The van der Waals surface area contributed by atoms with Crippen molar-refractivity contribution in [3.05, 3.63) is 35.5 Å². The normalized spacial score (nSPS) is 22.8. The molecule has 128 valence electrons. The summed E-state index contributed by atoms with van der Waals surface area (Å²) in [6.07, 6.45) is 13.2. The minimum atomic E-state index is -1.35. The highest BCUT2D eigenvalue weighted by Crippen LogP contribution is 2.48. The van der Waals surface area contributed by atoms with Crippen molar-refractivity contribution in [2.24, 2.45) is 11.3 Å². The van der Waals surface area contributed by atoms with Crippen LogP contribution in [0.5, 0.6) is 0 Å². The summed E-state index contributed by atoms with van der Waals surface area (Å²) in [6, 6.07) is 0. The molecule has 0 bridgehead atoms. The second kappa shape index (κ2) is 8.70. The van der Waals surface area contributed by atoms with Crippen LogP contribution in [0, 0.1) is 11.3 Å². The summed E-state index contributed by atoms with van der Waals surface area (Å²) in [5.41, 5.74) is -0.414. The molecule has 2 atom stereocenters. The molecule has 0 aromatic carbocycles. The maximum atomic E-state index is 11.6. The standard InChI is InChI=1S/C19H28O4/c1-4-7-9-12-19(13-10-8-11-14(19)5-2)15(6-3)16(17(20)21)18(22)23/h8,10-11,13-14H,4-7,9,12H2,1-3H3,(H,20,21)(H,22,23). The van der Waals surface area contributed by atoms with E-state index < -0.39 is 22.9 Å². The van der Waals surface area contributed by atoms with Crippen molar-refractivity contribution < 1.29 is 19.8 Å². The number of unbranched alkanes of at least 4 members (excludes halogenated alkanes) is 2. The Morgan fingerprint density at radius 1 is 1.04 bits per heavy atom. The van der Waals surface area contributed by atoms with Crippen molar-refractivity contribution in [2.45, 2.75) is 59.3 Å². The zero-order valence-electron chi connectivity index (χ0n) is 14.3. The van der Waals surface area contributed by atoms with Crippen LogP contribution in [0.4, 0.5) is 0 Å². The van der Waals surface area contributed by atoms with E-state index in [0.29, 0.717) is 12.0 Å². The fourth-order valence-electron chi connectivity index (χ4n) is 3.72. The largest absolute Gasteiger partial charge is 0.477 e. The van der Waals surface area contributed by atoms with Crippen molar-refractivity contribution in [3.8, 4) is 0 Å². The molecule has 0 saturated carbocycles. The topological polar surface area (TPSA) is 74.6 Å². The zero-order valence-corrected chi connectivity index (χ0v) is 14.3. The lowest BCUT2D eigenvalue weighted by Gasteiger charge is -2.41. The van der Waals surface area contributed by atoms with Gasteiger partial charge >= 0.3 is 11.9 Å². The van der Waals surface area contributed by atoms with Gasteiger partial charge in [0.05, 0.1) is 0 Å². The first-order valence-corrected chi connectivity index (χ1v) is 8.50. The second-order valence-corrected chi connectivity index (χ2v) is 6.07. The Balaban J connectivity index is 3.50. The van der Waals surface area contributed by atoms with E-state index in [2.05, 4.69) is 19.9 Å². The van der Waals surface area contributed by atoms with Crippen LogP contribution in [-0.2, 0) is 9.59 Å². The van der Waals surface area contributed by atoms with E-state index in [1.807, 2.05) is 25.2 Å². The van der Waals surface area contributed by atoms with Gasteiger partial charge in [0.15, 0.2) is 0 Å². The average molecular weight is 320 g/mol. The van der Waals surface area contributed by atoms with Gasteiger partial charge in [0.2, 0.25) is 0 Å². The third-order valence-corrected chi connectivity index (χ3v) is 4.79. The zero-order chi connectivity index (χ0) is 17.5. The number of allylic oxidation sites excluding steroid dienone is 5. The summed E-state index contributed by atoms with van der Waals surface area (Å²) < 4.78 is 0. The highest BCUT2D eigenvalue weighted by Gasteiger charge is 2.41. The number of carboxylic acids is 2. The number of rotatable bonds is 9. The molecule has 0 amide bonds. The summed E-state index contributed by atoms with van der Waals surface area (Å²) in [7, 11) is 0. The predicted molar refractivity (Wildman–Crippen MR) is 91.2 cm³/mol. The van der Waals surface area contributed by atoms with Crippen LogP contribution in [0.25, 0.3) is 0 Å². The van der Waals surface area contributed by atoms with Gasteiger partial charge in [-0.1, -0.05) is 64.3 Å². The Hall–Kier alpha value is -1.84. The van der Waals surface area contributed by atoms with Gasteiger partial charge in [-0.05, 0) is 30.8 Å². The first kappa shape index (κ1) is 19.2. The molecule has 4 nitrogen and oxygen atoms in total. The first-order chi connectivity index (χ1) is 10.9. The lowest BCUT2D eigenvalue weighted by atomic mass is 9.62. The van der Waals surface area contributed by atoms with E-state index in [4.69, 9.17) is 0 Å². The summed E-state index contributed by atoms with van der Waals surface area (Å²) in [6.45, 7) is 6.04. The maximum Gasteiger partial charge on any atom is 0.343 e. The molecule has 0 aromatic heterocycles. The first-order valence-electron chi connectivity index (χ1n) is 8.50. The van der Waals surface area contributed by atoms with Crippen LogP contribution in [0.2, 0.25) is 0 Å². The molecule has 23 heavy (non-hydrogen) atoms. The van der Waals surface area contributed by atoms with Gasteiger partial charge in [-0.2, -0.15) is 0 Å². The van der Waals surface area contributed by atoms with Gasteiger partial charge in [0.1, 0.15) is 5.57 Å². The molecule has 0 heterocycles. The molecule has 0 spiro atoms. The number of carboxylic acid groups (broad SMARTS) is 2. The van der Waals surface area contributed by atoms with Crippen molar-refractivity contribution in [3.63, 3.8) is 0 Å². The SMILES string of the molecule is CCCCCC1(C(CC)=C(C(=O)O)C(=O)O)C=CC=CC1CC. The van der Waals surface area contributed by atoms with Crippen molar-refractivity contribution in [1.82, 2.24) is 0 Å². The van der Waals surface area contributed by atoms with E-state index in [-0.39, 0.29) is 5.92 Å². The molecule has 0 fully saturated rings. The molecule has 2 N–H and O–H groups in total.